The highest BCUT2D eigenvalue weighted by molar-refractivity contribution is 7.19. The Kier molecular flexibility index (Phi) is 5.40. The second-order valence-corrected chi connectivity index (χ2v) is 9.48. The molecule has 1 aliphatic heterocycles. The summed E-state index contributed by atoms with van der Waals surface area (Å²) in [5, 5.41) is 0.556. The van der Waals surface area contributed by atoms with Crippen LogP contribution in [-0.2, 0) is 16.1 Å². The van der Waals surface area contributed by atoms with Crippen LogP contribution in [0.25, 0.3) is 21.3 Å². The minimum absolute atomic E-state index is 0.140. The molecule has 1 aliphatic carbocycles. The predicted molar refractivity (Wildman–Crippen MR) is 118 cm³/mol. The number of hydrogen-bond acceptors (Lipinski definition) is 5. The van der Waals surface area contributed by atoms with Gasteiger partial charge in [-0.3, -0.25) is 19.5 Å². The topological polar surface area (TPSA) is 59.5 Å². The minimum Gasteiger partial charge on any atom is -0.487 e. The number of carbonyl (C=O) groups is 2. The van der Waals surface area contributed by atoms with E-state index in [0.29, 0.717) is 23.6 Å². The second-order valence-electron chi connectivity index (χ2n) is 7.90. The third-order valence-corrected chi connectivity index (χ3v) is 7.19. The summed E-state index contributed by atoms with van der Waals surface area (Å²) in [5.41, 5.74) is 2.43. The van der Waals surface area contributed by atoms with Gasteiger partial charge in [-0.2, -0.15) is 0 Å². The molecule has 31 heavy (non-hydrogen) atoms. The monoisotopic (exact) mass is 458 g/mol. The van der Waals surface area contributed by atoms with Gasteiger partial charge in [-0.05, 0) is 49.6 Å². The van der Waals surface area contributed by atoms with Crippen molar-refractivity contribution in [1.82, 2.24) is 9.88 Å². The van der Waals surface area contributed by atoms with Crippen LogP contribution in [0.15, 0.2) is 36.5 Å². The van der Waals surface area contributed by atoms with Gasteiger partial charge in [0, 0.05) is 40.1 Å². The summed E-state index contributed by atoms with van der Waals surface area (Å²) >= 11 is 7.78. The molecule has 0 radical (unpaired) electrons. The first kappa shape index (κ1) is 20.4. The van der Waals surface area contributed by atoms with Crippen molar-refractivity contribution in [2.45, 2.75) is 50.9 Å². The number of benzene rings is 1. The van der Waals surface area contributed by atoms with Crippen LogP contribution in [0.2, 0.25) is 5.02 Å². The van der Waals surface area contributed by atoms with Gasteiger partial charge >= 0.3 is 0 Å². The van der Waals surface area contributed by atoms with E-state index in [1.807, 2.05) is 18.2 Å². The Labute approximate surface area is 187 Å². The number of carbonyl (C=O) groups excluding carboxylic acids is 2. The molecule has 5 nitrogen and oxygen atoms in total. The minimum atomic E-state index is -0.968. The number of nitrogens with zero attached hydrogens (tertiary/aromatic N) is 2. The van der Waals surface area contributed by atoms with Crippen LogP contribution in [0.1, 0.15) is 37.0 Å². The Balaban J connectivity index is 1.53. The van der Waals surface area contributed by atoms with E-state index in [1.54, 1.807) is 18.3 Å². The molecule has 2 fully saturated rings. The summed E-state index contributed by atoms with van der Waals surface area (Å²) in [6.07, 6.45) is 2.86. The number of thiophene rings is 1. The summed E-state index contributed by atoms with van der Waals surface area (Å²) in [7, 11) is 0. The van der Waals surface area contributed by atoms with Crippen molar-refractivity contribution in [1.29, 1.82) is 0 Å². The van der Waals surface area contributed by atoms with Gasteiger partial charge in [0.2, 0.25) is 11.8 Å². The normalized spacial score (nSPS) is 21.4. The molecule has 1 saturated carbocycles. The second kappa shape index (κ2) is 8.20. The predicted octanol–water partition coefficient (Wildman–Crippen LogP) is 5.54. The van der Waals surface area contributed by atoms with Crippen LogP contribution in [-0.4, -0.2) is 34.0 Å². The van der Waals surface area contributed by atoms with Crippen molar-refractivity contribution in [2.24, 2.45) is 0 Å². The van der Waals surface area contributed by atoms with Crippen LogP contribution in [0, 0.1) is 0 Å². The van der Waals surface area contributed by atoms with Crippen molar-refractivity contribution in [3.8, 4) is 16.9 Å². The largest absolute Gasteiger partial charge is 0.487 e. The molecule has 0 bridgehead atoms. The zero-order valence-electron chi connectivity index (χ0n) is 16.6. The molecular weight excluding hydrogens is 439 g/mol. The Hall–Kier alpha value is -2.51. The summed E-state index contributed by atoms with van der Waals surface area (Å²) in [5.74, 6) is 0.309. The quantitative estimate of drug-likeness (QED) is 0.471. The van der Waals surface area contributed by atoms with Gasteiger partial charge in [-0.1, -0.05) is 11.6 Å². The highest BCUT2D eigenvalue weighted by Gasteiger charge is 2.31. The van der Waals surface area contributed by atoms with Crippen LogP contribution >= 0.6 is 22.9 Å². The first-order valence-electron chi connectivity index (χ1n) is 10.3. The number of hydrogen-bond donors (Lipinski definition) is 0. The molecule has 8 heteroatoms. The fraction of sp³-hybridized carbons (Fsp3) is 0.348. The Morgan fingerprint density at radius 2 is 1.94 bits per heavy atom. The number of pyridine rings is 1. The van der Waals surface area contributed by atoms with Gasteiger partial charge in [0.25, 0.3) is 0 Å². The highest BCUT2D eigenvalue weighted by Crippen LogP contribution is 2.41. The van der Waals surface area contributed by atoms with Gasteiger partial charge in [-0.25, -0.2) is 4.39 Å². The van der Waals surface area contributed by atoms with Crippen molar-refractivity contribution < 1.29 is 18.7 Å². The number of alkyl halides is 1. The average Bonchev–Trinajstić information content (AvgIpc) is 3.44. The van der Waals surface area contributed by atoms with Crippen LogP contribution in [0.3, 0.4) is 0 Å². The standard InChI is InChI=1S/C23H20ClFN2O3S/c24-13-4-5-19(30-20-3-1-2-17(20)25)16(10-13)15-8-9-26-18-11-14(31-23(15)18)12-27-21(28)6-7-22(27)29/h4-5,8-11,17,20H,1-3,6-7,12H2/t17-,20+/m0/s1. The van der Waals surface area contributed by atoms with Crippen molar-refractivity contribution in [2.75, 3.05) is 0 Å². The van der Waals surface area contributed by atoms with E-state index in [2.05, 4.69) is 4.98 Å². The molecule has 2 amide bonds. The first-order valence-corrected chi connectivity index (χ1v) is 11.5. The zero-order chi connectivity index (χ0) is 21.5. The van der Waals surface area contributed by atoms with E-state index in [0.717, 1.165) is 32.6 Å². The maximum Gasteiger partial charge on any atom is 0.230 e. The number of imide groups is 1. The number of amides is 2. The fourth-order valence-corrected chi connectivity index (χ4v) is 5.53. The number of ether oxygens (including phenoxy) is 1. The zero-order valence-corrected chi connectivity index (χ0v) is 18.2. The Bertz CT molecular complexity index is 1160. The third-order valence-electron chi connectivity index (χ3n) is 5.81. The Morgan fingerprint density at radius 1 is 1.13 bits per heavy atom. The maximum atomic E-state index is 14.2. The first-order chi connectivity index (χ1) is 15.0. The highest BCUT2D eigenvalue weighted by atomic mass is 35.5. The van der Waals surface area contributed by atoms with E-state index in [4.69, 9.17) is 16.3 Å². The molecule has 160 valence electrons. The molecule has 5 rings (SSSR count). The summed E-state index contributed by atoms with van der Waals surface area (Å²) < 4.78 is 21.2. The molecule has 0 unspecified atom stereocenters. The number of rotatable bonds is 5. The average molecular weight is 459 g/mol. The molecule has 3 heterocycles. The van der Waals surface area contributed by atoms with Crippen LogP contribution in [0.5, 0.6) is 5.75 Å². The fourth-order valence-electron chi connectivity index (χ4n) is 4.22. The maximum absolute atomic E-state index is 14.2. The van der Waals surface area contributed by atoms with E-state index < -0.39 is 12.3 Å². The van der Waals surface area contributed by atoms with Gasteiger partial charge in [0.1, 0.15) is 18.0 Å². The van der Waals surface area contributed by atoms with Gasteiger partial charge in [0.15, 0.2) is 0 Å². The lowest BCUT2D eigenvalue weighted by Gasteiger charge is -2.19. The molecule has 0 spiro atoms. The van der Waals surface area contributed by atoms with Crippen LogP contribution < -0.4 is 4.74 Å². The molecule has 0 N–H and O–H groups in total. The molecule has 2 atom stereocenters. The SMILES string of the molecule is O=C1CCC(=O)N1Cc1cc2nccc(-c3cc(Cl)ccc3O[C@@H]3CCC[C@@H]3F)c2s1. The number of aromatic nitrogens is 1. The number of fused-ring (bicyclic) bond motifs is 1. The lowest BCUT2D eigenvalue weighted by atomic mass is 10.0. The number of halogens is 2. The molecule has 2 aromatic heterocycles. The van der Waals surface area contributed by atoms with Crippen molar-refractivity contribution in [3.63, 3.8) is 0 Å². The molecule has 1 saturated heterocycles. The molecular formula is C23H20ClFN2O3S. The van der Waals surface area contributed by atoms with Gasteiger partial charge in [-0.15, -0.1) is 11.3 Å². The molecule has 1 aromatic carbocycles. The summed E-state index contributed by atoms with van der Waals surface area (Å²) in [6.45, 7) is 0.253. The van der Waals surface area contributed by atoms with Crippen molar-refractivity contribution in [3.05, 3.63) is 46.4 Å². The van der Waals surface area contributed by atoms with E-state index >= 15 is 0 Å². The third kappa shape index (κ3) is 3.92. The van der Waals surface area contributed by atoms with Crippen molar-refractivity contribution >= 4 is 45.0 Å². The van der Waals surface area contributed by atoms with E-state index in [9.17, 15) is 14.0 Å². The summed E-state index contributed by atoms with van der Waals surface area (Å²) in [6, 6.07) is 9.13. The smallest absolute Gasteiger partial charge is 0.230 e. The summed E-state index contributed by atoms with van der Waals surface area (Å²) in [4.78, 5) is 30.6. The number of likely N-dealkylation sites (tertiary alicyclic amines) is 1. The van der Waals surface area contributed by atoms with Crippen LogP contribution in [0.4, 0.5) is 4.39 Å². The lowest BCUT2D eigenvalue weighted by molar-refractivity contribution is -0.138. The van der Waals surface area contributed by atoms with E-state index in [1.165, 1.54) is 16.2 Å². The Morgan fingerprint density at radius 3 is 2.68 bits per heavy atom. The molecule has 2 aliphatic rings. The van der Waals surface area contributed by atoms with Gasteiger partial charge < -0.3 is 4.74 Å². The van der Waals surface area contributed by atoms with Gasteiger partial charge in [0.05, 0.1) is 16.8 Å². The van der Waals surface area contributed by atoms with E-state index in [-0.39, 0.29) is 31.2 Å². The lowest BCUT2D eigenvalue weighted by Crippen LogP contribution is -2.27. The molecule has 3 aromatic rings.